The maximum absolute atomic E-state index is 13.6. The van der Waals surface area contributed by atoms with E-state index < -0.39 is 6.04 Å². The first-order valence-electron chi connectivity index (χ1n) is 12.1. The first-order valence-corrected chi connectivity index (χ1v) is 12.1. The van der Waals surface area contributed by atoms with E-state index in [9.17, 15) is 9.59 Å². The van der Waals surface area contributed by atoms with Crippen LogP contribution in [0, 0.1) is 0 Å². The Hall–Kier alpha value is -4.20. The fraction of sp³-hybridized carbons (Fsp3) is 0.172. The van der Waals surface area contributed by atoms with Gasteiger partial charge in [0.2, 0.25) is 5.91 Å². The second-order valence-corrected chi connectivity index (χ2v) is 8.90. The Morgan fingerprint density at radius 1 is 0.806 bits per heavy atom. The number of anilines is 3. The first-order chi connectivity index (χ1) is 17.6. The number of amides is 2. The topological polar surface area (TPSA) is 99.5 Å². The molecule has 1 aliphatic rings. The number of nitrogen functional groups attached to an aromatic ring is 1. The van der Waals surface area contributed by atoms with Gasteiger partial charge in [-0.2, -0.15) is 0 Å². The zero-order chi connectivity index (χ0) is 24.9. The van der Waals surface area contributed by atoms with E-state index in [1.54, 1.807) is 24.3 Å². The average molecular weight is 480 g/mol. The van der Waals surface area contributed by atoms with E-state index in [2.05, 4.69) is 20.9 Å². The van der Waals surface area contributed by atoms with E-state index in [1.165, 1.54) is 0 Å². The van der Waals surface area contributed by atoms with Gasteiger partial charge < -0.3 is 21.7 Å². The molecule has 0 radical (unpaired) electrons. The lowest BCUT2D eigenvalue weighted by atomic mass is 10.0. The van der Waals surface area contributed by atoms with Gasteiger partial charge in [-0.05, 0) is 52.7 Å². The Bertz CT molecular complexity index is 1380. The second-order valence-electron chi connectivity index (χ2n) is 8.90. The van der Waals surface area contributed by atoms with Gasteiger partial charge in [-0.25, -0.2) is 0 Å². The van der Waals surface area contributed by atoms with Gasteiger partial charge in [0.1, 0.15) is 6.04 Å². The summed E-state index contributed by atoms with van der Waals surface area (Å²) >= 11 is 0. The molecule has 2 amide bonds. The van der Waals surface area contributed by atoms with Crippen molar-refractivity contribution < 1.29 is 9.59 Å². The van der Waals surface area contributed by atoms with Crippen LogP contribution in [0.15, 0.2) is 91.0 Å². The summed E-state index contributed by atoms with van der Waals surface area (Å²) in [5.41, 5.74) is 9.12. The number of hydrogen-bond donors (Lipinski definition) is 4. The van der Waals surface area contributed by atoms with Crippen molar-refractivity contribution in [2.24, 2.45) is 0 Å². The Balaban J connectivity index is 1.37. The van der Waals surface area contributed by atoms with Crippen molar-refractivity contribution in [2.75, 3.05) is 42.5 Å². The smallest absolute Gasteiger partial charge is 0.255 e. The summed E-state index contributed by atoms with van der Waals surface area (Å²) in [5, 5.41) is 11.5. The third-order valence-corrected chi connectivity index (χ3v) is 6.48. The van der Waals surface area contributed by atoms with Crippen LogP contribution in [0.3, 0.4) is 0 Å². The van der Waals surface area contributed by atoms with Gasteiger partial charge >= 0.3 is 0 Å². The van der Waals surface area contributed by atoms with Gasteiger partial charge in [0.15, 0.2) is 0 Å². The molecule has 4 aromatic rings. The third kappa shape index (κ3) is 5.22. The quantitative estimate of drug-likeness (QED) is 0.310. The molecular weight excluding hydrogens is 450 g/mol. The fourth-order valence-corrected chi connectivity index (χ4v) is 4.57. The molecule has 5 N–H and O–H groups in total. The predicted octanol–water partition coefficient (Wildman–Crippen LogP) is 4.26. The number of piperazine rings is 1. The number of nitrogens with two attached hydrogens (primary N) is 1. The molecule has 5 rings (SSSR count). The number of para-hydroxylation sites is 2. The van der Waals surface area contributed by atoms with Crippen LogP contribution in [-0.4, -0.2) is 42.9 Å². The molecule has 36 heavy (non-hydrogen) atoms. The molecule has 0 spiro atoms. The molecule has 4 aromatic carbocycles. The van der Waals surface area contributed by atoms with Gasteiger partial charge in [-0.1, -0.05) is 54.6 Å². The summed E-state index contributed by atoms with van der Waals surface area (Å²) in [6, 6.07) is 27.9. The number of nitrogens with zero attached hydrogens (tertiary/aromatic N) is 1. The highest BCUT2D eigenvalue weighted by Crippen LogP contribution is 2.26. The van der Waals surface area contributed by atoms with Crippen molar-refractivity contribution in [3.8, 4) is 0 Å². The highest BCUT2D eigenvalue weighted by molar-refractivity contribution is 6.06. The number of benzene rings is 4. The first kappa shape index (κ1) is 23.5. The minimum atomic E-state index is -0.472. The Kier molecular flexibility index (Phi) is 6.93. The van der Waals surface area contributed by atoms with Crippen molar-refractivity contribution in [1.29, 1.82) is 0 Å². The number of fused-ring (bicyclic) bond motifs is 1. The van der Waals surface area contributed by atoms with Crippen molar-refractivity contribution in [1.82, 2.24) is 10.2 Å². The summed E-state index contributed by atoms with van der Waals surface area (Å²) in [4.78, 5) is 28.5. The van der Waals surface area contributed by atoms with E-state index in [0.29, 0.717) is 16.9 Å². The molecule has 7 nitrogen and oxygen atoms in total. The van der Waals surface area contributed by atoms with Gasteiger partial charge in [-0.15, -0.1) is 0 Å². The molecule has 1 heterocycles. The molecule has 7 heteroatoms. The lowest BCUT2D eigenvalue weighted by molar-refractivity contribution is -0.121. The Morgan fingerprint density at radius 3 is 2.25 bits per heavy atom. The summed E-state index contributed by atoms with van der Waals surface area (Å²) in [5.74, 6) is -0.347. The number of carbonyl (C=O) groups is 2. The highest BCUT2D eigenvalue weighted by atomic mass is 16.2. The molecule has 0 aromatic heterocycles. The number of nitrogens with one attached hydrogen (secondary N) is 3. The Morgan fingerprint density at radius 2 is 1.50 bits per heavy atom. The molecule has 1 saturated heterocycles. The van der Waals surface area contributed by atoms with Crippen molar-refractivity contribution >= 4 is 39.6 Å². The van der Waals surface area contributed by atoms with Crippen LogP contribution in [0.5, 0.6) is 0 Å². The summed E-state index contributed by atoms with van der Waals surface area (Å²) < 4.78 is 0. The molecule has 1 fully saturated rings. The van der Waals surface area contributed by atoms with Crippen LogP contribution >= 0.6 is 0 Å². The minimum Gasteiger partial charge on any atom is -0.397 e. The zero-order valence-corrected chi connectivity index (χ0v) is 19.9. The van der Waals surface area contributed by atoms with E-state index in [4.69, 9.17) is 5.73 Å². The van der Waals surface area contributed by atoms with Gasteiger partial charge in [0.25, 0.3) is 5.91 Å². The normalized spacial score (nSPS) is 14.8. The van der Waals surface area contributed by atoms with Crippen molar-refractivity contribution in [2.45, 2.75) is 6.04 Å². The van der Waals surface area contributed by atoms with E-state index >= 15 is 0 Å². The average Bonchev–Trinajstić information content (AvgIpc) is 2.91. The molecule has 182 valence electrons. The van der Waals surface area contributed by atoms with Gasteiger partial charge in [-0.3, -0.25) is 14.5 Å². The summed E-state index contributed by atoms with van der Waals surface area (Å²) in [6.07, 6.45) is 0. The molecule has 0 bridgehead atoms. The van der Waals surface area contributed by atoms with Crippen LogP contribution in [-0.2, 0) is 4.79 Å². The van der Waals surface area contributed by atoms with Crippen LogP contribution in [0.4, 0.5) is 17.1 Å². The third-order valence-electron chi connectivity index (χ3n) is 6.48. The second kappa shape index (κ2) is 10.6. The predicted molar refractivity (Wildman–Crippen MR) is 145 cm³/mol. The van der Waals surface area contributed by atoms with Crippen molar-refractivity contribution in [3.63, 3.8) is 0 Å². The van der Waals surface area contributed by atoms with Crippen LogP contribution < -0.4 is 21.7 Å². The molecule has 1 unspecified atom stereocenters. The van der Waals surface area contributed by atoms with E-state index in [-0.39, 0.29) is 11.8 Å². The standard InChI is InChI=1S/C29H29N5O2/c30-25-7-3-4-8-26(25)33-28(35)22-11-9-21(10-12-22)27(34-17-15-31-16-18-34)29(36)32-24-14-13-20-5-1-2-6-23(20)19-24/h1-14,19,27,31H,15-18,30H2,(H,32,36)(H,33,35). The largest absolute Gasteiger partial charge is 0.397 e. The van der Waals surface area contributed by atoms with Crippen LogP contribution in [0.2, 0.25) is 0 Å². The highest BCUT2D eigenvalue weighted by Gasteiger charge is 2.29. The molecule has 0 aliphatic carbocycles. The molecule has 1 aliphatic heterocycles. The van der Waals surface area contributed by atoms with E-state index in [1.807, 2.05) is 66.7 Å². The maximum Gasteiger partial charge on any atom is 0.255 e. The Labute approximate surface area is 210 Å². The van der Waals surface area contributed by atoms with Gasteiger partial charge in [0, 0.05) is 37.4 Å². The van der Waals surface area contributed by atoms with Crippen LogP contribution in [0.1, 0.15) is 22.0 Å². The maximum atomic E-state index is 13.6. The fourth-order valence-electron chi connectivity index (χ4n) is 4.57. The number of carbonyl (C=O) groups excluding carboxylic acids is 2. The van der Waals surface area contributed by atoms with Crippen molar-refractivity contribution in [3.05, 3.63) is 102 Å². The number of hydrogen-bond acceptors (Lipinski definition) is 5. The minimum absolute atomic E-state index is 0.0959. The monoisotopic (exact) mass is 479 g/mol. The van der Waals surface area contributed by atoms with Crippen LogP contribution in [0.25, 0.3) is 10.8 Å². The zero-order valence-electron chi connectivity index (χ0n) is 19.9. The summed E-state index contributed by atoms with van der Waals surface area (Å²) in [7, 11) is 0. The lowest BCUT2D eigenvalue weighted by Crippen LogP contribution is -2.48. The SMILES string of the molecule is Nc1ccccc1NC(=O)c1ccc(C(C(=O)Nc2ccc3ccccc3c2)N2CCNCC2)cc1. The molecular formula is C29H29N5O2. The van der Waals surface area contributed by atoms with E-state index in [0.717, 1.165) is 48.2 Å². The van der Waals surface area contributed by atoms with Gasteiger partial charge in [0.05, 0.1) is 11.4 Å². The lowest BCUT2D eigenvalue weighted by Gasteiger charge is -2.34. The molecule has 1 atom stereocenters. The number of rotatable bonds is 6. The molecule has 0 saturated carbocycles. The summed E-state index contributed by atoms with van der Waals surface area (Å²) in [6.45, 7) is 3.15.